The number of carboxylic acids is 1. The van der Waals surface area contributed by atoms with Gasteiger partial charge >= 0.3 is 5.97 Å². The SMILES string of the molecule is N[C@H]1CCN[C@@H](C(=O)O)C1. The van der Waals surface area contributed by atoms with E-state index in [9.17, 15) is 4.79 Å². The Kier molecular flexibility index (Phi) is 2.24. The molecule has 0 saturated carbocycles. The maximum absolute atomic E-state index is 10.4. The van der Waals surface area contributed by atoms with E-state index in [0.29, 0.717) is 6.42 Å². The molecule has 4 heteroatoms. The number of carboxylic acid groups (broad SMARTS) is 1. The number of aliphatic carboxylic acids is 1. The summed E-state index contributed by atoms with van der Waals surface area (Å²) < 4.78 is 0. The second kappa shape index (κ2) is 2.98. The van der Waals surface area contributed by atoms with E-state index in [1.807, 2.05) is 0 Å². The fourth-order valence-corrected chi connectivity index (χ4v) is 1.14. The lowest BCUT2D eigenvalue weighted by Gasteiger charge is -2.24. The van der Waals surface area contributed by atoms with Gasteiger partial charge in [0.05, 0.1) is 0 Å². The fraction of sp³-hybridized carbons (Fsp3) is 0.833. The molecule has 1 rings (SSSR count). The van der Waals surface area contributed by atoms with Gasteiger partial charge in [0.25, 0.3) is 0 Å². The zero-order valence-corrected chi connectivity index (χ0v) is 5.71. The predicted molar refractivity (Wildman–Crippen MR) is 36.6 cm³/mol. The summed E-state index contributed by atoms with van der Waals surface area (Å²) >= 11 is 0. The van der Waals surface area contributed by atoms with Gasteiger partial charge in [-0.25, -0.2) is 0 Å². The van der Waals surface area contributed by atoms with Gasteiger partial charge < -0.3 is 16.2 Å². The van der Waals surface area contributed by atoms with Gasteiger partial charge in [-0.1, -0.05) is 0 Å². The quantitative estimate of drug-likeness (QED) is 0.448. The summed E-state index contributed by atoms with van der Waals surface area (Å²) in [6.45, 7) is 0.720. The van der Waals surface area contributed by atoms with Crippen molar-refractivity contribution in [3.05, 3.63) is 0 Å². The third-order valence-electron chi connectivity index (χ3n) is 1.74. The molecule has 10 heavy (non-hydrogen) atoms. The largest absolute Gasteiger partial charge is 0.480 e. The Hall–Kier alpha value is -0.610. The molecule has 0 aromatic carbocycles. The van der Waals surface area contributed by atoms with Gasteiger partial charge in [0, 0.05) is 6.04 Å². The smallest absolute Gasteiger partial charge is 0.320 e. The maximum Gasteiger partial charge on any atom is 0.320 e. The molecule has 4 nitrogen and oxygen atoms in total. The lowest BCUT2D eigenvalue weighted by Crippen LogP contribution is -2.47. The van der Waals surface area contributed by atoms with Gasteiger partial charge in [-0.2, -0.15) is 0 Å². The minimum absolute atomic E-state index is 0.0577. The Labute approximate surface area is 59.4 Å². The van der Waals surface area contributed by atoms with Crippen molar-refractivity contribution >= 4 is 5.97 Å². The lowest BCUT2D eigenvalue weighted by atomic mass is 10.0. The fourth-order valence-electron chi connectivity index (χ4n) is 1.14. The summed E-state index contributed by atoms with van der Waals surface area (Å²) in [5.74, 6) is -0.796. The summed E-state index contributed by atoms with van der Waals surface area (Å²) in [7, 11) is 0. The number of nitrogens with one attached hydrogen (secondary N) is 1. The van der Waals surface area contributed by atoms with Crippen LogP contribution >= 0.6 is 0 Å². The van der Waals surface area contributed by atoms with E-state index < -0.39 is 12.0 Å². The van der Waals surface area contributed by atoms with Crippen molar-refractivity contribution in [2.45, 2.75) is 24.9 Å². The van der Waals surface area contributed by atoms with Crippen LogP contribution in [-0.4, -0.2) is 29.7 Å². The molecular weight excluding hydrogens is 132 g/mol. The van der Waals surface area contributed by atoms with E-state index in [1.54, 1.807) is 0 Å². The van der Waals surface area contributed by atoms with Crippen molar-refractivity contribution in [2.75, 3.05) is 6.54 Å². The first-order valence-corrected chi connectivity index (χ1v) is 3.42. The van der Waals surface area contributed by atoms with Gasteiger partial charge in [-0.3, -0.25) is 4.79 Å². The molecule has 2 atom stereocenters. The first-order valence-electron chi connectivity index (χ1n) is 3.42. The van der Waals surface area contributed by atoms with Crippen molar-refractivity contribution in [2.24, 2.45) is 5.73 Å². The van der Waals surface area contributed by atoms with Crippen LogP contribution in [0.25, 0.3) is 0 Å². The topological polar surface area (TPSA) is 75.3 Å². The molecule has 0 aliphatic carbocycles. The minimum atomic E-state index is -0.796. The second-order valence-corrected chi connectivity index (χ2v) is 2.63. The van der Waals surface area contributed by atoms with E-state index in [4.69, 9.17) is 10.8 Å². The summed E-state index contributed by atoms with van der Waals surface area (Å²) in [6, 6.07) is -0.369. The Balaban J connectivity index is 2.39. The normalized spacial score (nSPS) is 33.7. The zero-order valence-electron chi connectivity index (χ0n) is 5.71. The van der Waals surface area contributed by atoms with E-state index in [-0.39, 0.29) is 6.04 Å². The average Bonchev–Trinajstić information content (AvgIpc) is 1.88. The van der Waals surface area contributed by atoms with Crippen LogP contribution in [0, 0.1) is 0 Å². The lowest BCUT2D eigenvalue weighted by molar-refractivity contribution is -0.140. The second-order valence-electron chi connectivity index (χ2n) is 2.63. The van der Waals surface area contributed by atoms with Crippen LogP contribution in [0.3, 0.4) is 0 Å². The van der Waals surface area contributed by atoms with Crippen LogP contribution in [-0.2, 0) is 4.79 Å². The number of hydrogen-bond donors (Lipinski definition) is 3. The van der Waals surface area contributed by atoms with Crippen molar-refractivity contribution in [3.63, 3.8) is 0 Å². The van der Waals surface area contributed by atoms with Crippen molar-refractivity contribution in [3.8, 4) is 0 Å². The Morgan fingerprint density at radius 3 is 2.80 bits per heavy atom. The molecule has 0 radical (unpaired) electrons. The van der Waals surface area contributed by atoms with Crippen LogP contribution in [0.1, 0.15) is 12.8 Å². The van der Waals surface area contributed by atoms with Crippen LogP contribution in [0.15, 0.2) is 0 Å². The summed E-state index contributed by atoms with van der Waals surface area (Å²) in [5, 5.41) is 11.4. The molecule has 0 bridgehead atoms. The molecule has 0 amide bonds. The molecular formula is C6H12N2O2. The predicted octanol–water partition coefficient (Wildman–Crippen LogP) is -0.850. The molecule has 1 aliphatic rings. The summed E-state index contributed by atoms with van der Waals surface area (Å²) in [4.78, 5) is 10.4. The molecule has 4 N–H and O–H groups in total. The molecule has 1 aliphatic heterocycles. The highest BCUT2D eigenvalue weighted by Crippen LogP contribution is 2.05. The van der Waals surface area contributed by atoms with Crippen molar-refractivity contribution < 1.29 is 9.90 Å². The number of rotatable bonds is 1. The monoisotopic (exact) mass is 144 g/mol. The van der Waals surface area contributed by atoms with Crippen LogP contribution < -0.4 is 11.1 Å². The van der Waals surface area contributed by atoms with Crippen LogP contribution in [0.5, 0.6) is 0 Å². The Morgan fingerprint density at radius 1 is 1.70 bits per heavy atom. The number of hydrogen-bond acceptors (Lipinski definition) is 3. The molecule has 0 aromatic rings. The van der Waals surface area contributed by atoms with E-state index in [0.717, 1.165) is 13.0 Å². The van der Waals surface area contributed by atoms with Crippen molar-refractivity contribution in [1.82, 2.24) is 5.32 Å². The molecule has 1 saturated heterocycles. The highest BCUT2D eigenvalue weighted by Gasteiger charge is 2.23. The van der Waals surface area contributed by atoms with E-state index in [2.05, 4.69) is 5.32 Å². The van der Waals surface area contributed by atoms with Crippen LogP contribution in [0.4, 0.5) is 0 Å². The number of carbonyl (C=O) groups is 1. The molecule has 0 unspecified atom stereocenters. The van der Waals surface area contributed by atoms with Gasteiger partial charge in [-0.05, 0) is 19.4 Å². The third-order valence-corrected chi connectivity index (χ3v) is 1.74. The molecule has 58 valence electrons. The third kappa shape index (κ3) is 1.68. The molecule has 1 heterocycles. The summed E-state index contributed by atoms with van der Waals surface area (Å²) in [5.41, 5.74) is 5.56. The first-order chi connectivity index (χ1) is 4.70. The maximum atomic E-state index is 10.4. The average molecular weight is 144 g/mol. The molecule has 0 aromatic heterocycles. The zero-order chi connectivity index (χ0) is 7.56. The highest BCUT2D eigenvalue weighted by molar-refractivity contribution is 5.73. The first kappa shape index (κ1) is 7.50. The van der Waals surface area contributed by atoms with Gasteiger partial charge in [0.2, 0.25) is 0 Å². The van der Waals surface area contributed by atoms with E-state index >= 15 is 0 Å². The Morgan fingerprint density at radius 2 is 2.40 bits per heavy atom. The number of piperidine rings is 1. The Bertz CT molecular complexity index is 138. The number of nitrogens with two attached hydrogens (primary N) is 1. The van der Waals surface area contributed by atoms with Crippen molar-refractivity contribution in [1.29, 1.82) is 0 Å². The minimum Gasteiger partial charge on any atom is -0.480 e. The van der Waals surface area contributed by atoms with E-state index in [1.165, 1.54) is 0 Å². The highest BCUT2D eigenvalue weighted by atomic mass is 16.4. The van der Waals surface area contributed by atoms with Gasteiger partial charge in [0.1, 0.15) is 6.04 Å². The molecule has 1 fully saturated rings. The van der Waals surface area contributed by atoms with Gasteiger partial charge in [-0.15, -0.1) is 0 Å². The molecule has 0 spiro atoms. The summed E-state index contributed by atoms with van der Waals surface area (Å²) in [6.07, 6.45) is 1.43. The van der Waals surface area contributed by atoms with Crippen LogP contribution in [0.2, 0.25) is 0 Å². The standard InChI is InChI=1S/C6H12N2O2/c7-4-1-2-8-5(3-4)6(9)10/h4-5,8H,1-3,7H2,(H,9,10)/t4-,5+/m0/s1. The van der Waals surface area contributed by atoms with Gasteiger partial charge in [0.15, 0.2) is 0 Å².